The first-order chi connectivity index (χ1) is 10.6. The predicted octanol–water partition coefficient (Wildman–Crippen LogP) is 4.87. The number of benzene rings is 2. The molecule has 2 rings (SSSR count). The van der Waals surface area contributed by atoms with Crippen molar-refractivity contribution >= 4 is 23.2 Å². The number of hydrogen-bond acceptors (Lipinski definition) is 3. The maximum Gasteiger partial charge on any atom is 0.411 e. The van der Waals surface area contributed by atoms with E-state index in [0.717, 1.165) is 17.8 Å². The van der Waals surface area contributed by atoms with E-state index >= 15 is 0 Å². The van der Waals surface area contributed by atoms with Gasteiger partial charge in [0.15, 0.2) is 0 Å². The SMILES string of the molecule is CCOC(=O)Nc1ccc(Nc2c(C)cccc2CC)cc1. The number of para-hydroxylation sites is 1. The molecule has 0 spiro atoms. The Morgan fingerprint density at radius 1 is 1.05 bits per heavy atom. The average Bonchev–Trinajstić information content (AvgIpc) is 2.51. The van der Waals surface area contributed by atoms with E-state index in [1.165, 1.54) is 11.1 Å². The van der Waals surface area contributed by atoms with Crippen LogP contribution in [0.5, 0.6) is 0 Å². The molecule has 0 aliphatic rings. The lowest BCUT2D eigenvalue weighted by atomic mass is 10.1. The Labute approximate surface area is 131 Å². The van der Waals surface area contributed by atoms with Crippen molar-refractivity contribution in [3.8, 4) is 0 Å². The fourth-order valence-corrected chi connectivity index (χ4v) is 2.27. The third kappa shape index (κ3) is 4.01. The minimum Gasteiger partial charge on any atom is -0.450 e. The molecular weight excluding hydrogens is 276 g/mol. The smallest absolute Gasteiger partial charge is 0.411 e. The number of rotatable bonds is 5. The van der Waals surface area contributed by atoms with Crippen molar-refractivity contribution in [3.63, 3.8) is 0 Å². The largest absolute Gasteiger partial charge is 0.450 e. The number of ether oxygens (including phenoxy) is 1. The van der Waals surface area contributed by atoms with Gasteiger partial charge in [0.1, 0.15) is 0 Å². The van der Waals surface area contributed by atoms with Crippen molar-refractivity contribution in [2.24, 2.45) is 0 Å². The minimum atomic E-state index is -0.435. The summed E-state index contributed by atoms with van der Waals surface area (Å²) in [6.07, 6.45) is 0.544. The molecule has 0 unspecified atom stereocenters. The summed E-state index contributed by atoms with van der Waals surface area (Å²) < 4.78 is 4.85. The van der Waals surface area contributed by atoms with Crippen LogP contribution in [0.15, 0.2) is 42.5 Å². The molecule has 0 aliphatic heterocycles. The molecule has 0 radical (unpaired) electrons. The van der Waals surface area contributed by atoms with Gasteiger partial charge in [0.05, 0.1) is 6.61 Å². The molecule has 0 heterocycles. The third-order valence-electron chi connectivity index (χ3n) is 3.42. The second-order valence-corrected chi connectivity index (χ2v) is 5.01. The number of amides is 1. The molecule has 2 aromatic rings. The molecule has 0 saturated carbocycles. The molecule has 0 aliphatic carbocycles. The van der Waals surface area contributed by atoms with Crippen LogP contribution in [-0.2, 0) is 11.2 Å². The van der Waals surface area contributed by atoms with Crippen LogP contribution in [0.25, 0.3) is 0 Å². The van der Waals surface area contributed by atoms with E-state index in [-0.39, 0.29) is 0 Å². The molecule has 0 saturated heterocycles. The molecule has 22 heavy (non-hydrogen) atoms. The van der Waals surface area contributed by atoms with Gasteiger partial charge in [0.25, 0.3) is 0 Å². The molecule has 2 N–H and O–H groups in total. The Morgan fingerprint density at radius 3 is 2.36 bits per heavy atom. The summed E-state index contributed by atoms with van der Waals surface area (Å²) in [5.74, 6) is 0. The summed E-state index contributed by atoms with van der Waals surface area (Å²) >= 11 is 0. The van der Waals surface area contributed by atoms with E-state index in [9.17, 15) is 4.79 Å². The zero-order valence-corrected chi connectivity index (χ0v) is 13.3. The van der Waals surface area contributed by atoms with Crippen molar-refractivity contribution in [2.75, 3.05) is 17.2 Å². The molecule has 0 aromatic heterocycles. The van der Waals surface area contributed by atoms with Crippen LogP contribution in [-0.4, -0.2) is 12.7 Å². The van der Waals surface area contributed by atoms with Crippen molar-refractivity contribution < 1.29 is 9.53 Å². The highest BCUT2D eigenvalue weighted by Crippen LogP contribution is 2.26. The highest BCUT2D eigenvalue weighted by molar-refractivity contribution is 5.85. The van der Waals surface area contributed by atoms with Crippen molar-refractivity contribution in [1.29, 1.82) is 0 Å². The van der Waals surface area contributed by atoms with Gasteiger partial charge in [-0.1, -0.05) is 25.1 Å². The first-order valence-electron chi connectivity index (χ1n) is 7.53. The van der Waals surface area contributed by atoms with E-state index < -0.39 is 6.09 Å². The van der Waals surface area contributed by atoms with Gasteiger partial charge in [0.2, 0.25) is 0 Å². The maximum atomic E-state index is 11.4. The first-order valence-corrected chi connectivity index (χ1v) is 7.53. The van der Waals surface area contributed by atoms with Gasteiger partial charge in [-0.2, -0.15) is 0 Å². The number of nitrogens with one attached hydrogen (secondary N) is 2. The second kappa shape index (κ2) is 7.50. The van der Waals surface area contributed by atoms with Gasteiger partial charge in [0, 0.05) is 17.1 Å². The number of carbonyl (C=O) groups is 1. The van der Waals surface area contributed by atoms with E-state index in [1.807, 2.05) is 24.3 Å². The monoisotopic (exact) mass is 298 g/mol. The van der Waals surface area contributed by atoms with Crippen LogP contribution < -0.4 is 10.6 Å². The fourth-order valence-electron chi connectivity index (χ4n) is 2.27. The maximum absolute atomic E-state index is 11.4. The average molecular weight is 298 g/mol. The van der Waals surface area contributed by atoms with Crippen LogP contribution in [0.4, 0.5) is 21.9 Å². The van der Waals surface area contributed by atoms with Crippen molar-refractivity contribution in [2.45, 2.75) is 27.2 Å². The fraction of sp³-hybridized carbons (Fsp3) is 0.278. The van der Waals surface area contributed by atoms with Gasteiger partial charge in [-0.3, -0.25) is 5.32 Å². The lowest BCUT2D eigenvalue weighted by molar-refractivity contribution is 0.168. The highest BCUT2D eigenvalue weighted by Gasteiger charge is 2.05. The number of anilines is 3. The molecule has 0 bridgehead atoms. The number of aryl methyl sites for hydroxylation is 2. The van der Waals surface area contributed by atoms with Crippen LogP contribution in [0.1, 0.15) is 25.0 Å². The zero-order chi connectivity index (χ0) is 15.9. The predicted molar refractivity (Wildman–Crippen MR) is 90.9 cm³/mol. The van der Waals surface area contributed by atoms with Gasteiger partial charge in [-0.25, -0.2) is 4.79 Å². The topological polar surface area (TPSA) is 50.4 Å². The summed E-state index contributed by atoms with van der Waals surface area (Å²) in [5.41, 5.74) is 5.35. The molecule has 0 atom stereocenters. The Balaban J connectivity index is 2.10. The van der Waals surface area contributed by atoms with Gasteiger partial charge in [-0.05, 0) is 55.7 Å². The standard InChI is InChI=1S/C18H22N2O2/c1-4-14-8-6-7-13(3)17(14)19-15-9-11-16(12-10-15)20-18(21)22-5-2/h6-12,19H,4-5H2,1-3H3,(H,20,21). The zero-order valence-electron chi connectivity index (χ0n) is 13.3. The van der Waals surface area contributed by atoms with E-state index in [1.54, 1.807) is 6.92 Å². The second-order valence-electron chi connectivity index (χ2n) is 5.01. The molecule has 2 aromatic carbocycles. The van der Waals surface area contributed by atoms with Crippen molar-refractivity contribution in [1.82, 2.24) is 0 Å². The van der Waals surface area contributed by atoms with E-state index in [2.05, 4.69) is 42.7 Å². The van der Waals surface area contributed by atoms with Crippen LogP contribution in [0.2, 0.25) is 0 Å². The summed E-state index contributed by atoms with van der Waals surface area (Å²) in [7, 11) is 0. The van der Waals surface area contributed by atoms with Crippen molar-refractivity contribution in [3.05, 3.63) is 53.6 Å². The Morgan fingerprint density at radius 2 is 1.73 bits per heavy atom. The minimum absolute atomic E-state index is 0.360. The molecule has 0 fully saturated rings. The van der Waals surface area contributed by atoms with E-state index in [4.69, 9.17) is 4.74 Å². The van der Waals surface area contributed by atoms with Gasteiger partial charge < -0.3 is 10.1 Å². The summed E-state index contributed by atoms with van der Waals surface area (Å²) in [6, 6.07) is 13.9. The molecule has 4 heteroatoms. The summed E-state index contributed by atoms with van der Waals surface area (Å²) in [6.45, 7) is 6.38. The summed E-state index contributed by atoms with van der Waals surface area (Å²) in [4.78, 5) is 11.4. The molecule has 116 valence electrons. The van der Waals surface area contributed by atoms with Crippen LogP contribution in [0, 0.1) is 6.92 Å². The highest BCUT2D eigenvalue weighted by atomic mass is 16.5. The number of hydrogen-bond donors (Lipinski definition) is 2. The van der Waals surface area contributed by atoms with Crippen LogP contribution in [0.3, 0.4) is 0 Å². The molecule has 4 nitrogen and oxygen atoms in total. The Kier molecular flexibility index (Phi) is 5.42. The normalized spacial score (nSPS) is 10.1. The van der Waals surface area contributed by atoms with E-state index in [0.29, 0.717) is 12.3 Å². The van der Waals surface area contributed by atoms with Gasteiger partial charge >= 0.3 is 6.09 Å². The Hall–Kier alpha value is -2.49. The Bertz CT molecular complexity index is 636. The first kappa shape index (κ1) is 15.9. The van der Waals surface area contributed by atoms with Gasteiger partial charge in [-0.15, -0.1) is 0 Å². The lowest BCUT2D eigenvalue weighted by Gasteiger charge is -2.14. The lowest BCUT2D eigenvalue weighted by Crippen LogP contribution is -2.13. The third-order valence-corrected chi connectivity index (χ3v) is 3.42. The number of carbonyl (C=O) groups excluding carboxylic acids is 1. The van der Waals surface area contributed by atoms with Crippen LogP contribution >= 0.6 is 0 Å². The molecular formula is C18H22N2O2. The quantitative estimate of drug-likeness (QED) is 0.828. The molecule has 1 amide bonds. The summed E-state index contributed by atoms with van der Waals surface area (Å²) in [5, 5.41) is 6.13.